The number of aromatic nitrogens is 1. The van der Waals surface area contributed by atoms with Crippen LogP contribution in [0.4, 0.5) is 0 Å². The molecule has 1 aliphatic rings. The molecule has 3 aromatic carbocycles. The van der Waals surface area contributed by atoms with Crippen LogP contribution in [0.2, 0.25) is 0 Å². The average molecular weight is 466 g/mol. The number of aromatic amines is 1. The first-order valence-electron chi connectivity index (χ1n) is 10.5. The zero-order valence-corrected chi connectivity index (χ0v) is 19.0. The van der Waals surface area contributed by atoms with Crippen LogP contribution >= 0.6 is 11.3 Å². The van der Waals surface area contributed by atoms with Gasteiger partial charge in [0.1, 0.15) is 0 Å². The largest absolute Gasteiger partial charge is 0.312 e. The maximum atomic E-state index is 13.3. The Labute approximate surface area is 190 Å². The Kier molecular flexibility index (Phi) is 5.69. The molecule has 6 nitrogen and oxygen atoms in total. The normalized spacial score (nSPS) is 16.0. The molecule has 2 heterocycles. The Bertz CT molecular complexity index is 1330. The molecule has 32 heavy (non-hydrogen) atoms. The van der Waals surface area contributed by atoms with Gasteiger partial charge in [-0.15, -0.1) is 0 Å². The summed E-state index contributed by atoms with van der Waals surface area (Å²) in [5.41, 5.74) is 3.06. The van der Waals surface area contributed by atoms with Gasteiger partial charge in [0.05, 0.1) is 21.2 Å². The van der Waals surface area contributed by atoms with Crippen molar-refractivity contribution in [3.05, 3.63) is 99.7 Å². The molecule has 0 aliphatic carbocycles. The highest BCUT2D eigenvalue weighted by molar-refractivity contribution is 7.89. The molecule has 1 saturated heterocycles. The minimum absolute atomic E-state index is 0.0794. The molecule has 5 rings (SSSR count). The number of rotatable bonds is 5. The summed E-state index contributed by atoms with van der Waals surface area (Å²) < 4.78 is 28.8. The van der Waals surface area contributed by atoms with E-state index in [1.807, 2.05) is 36.4 Å². The van der Waals surface area contributed by atoms with Gasteiger partial charge in [-0.2, -0.15) is 4.31 Å². The average Bonchev–Trinajstić information content (AvgIpc) is 3.20. The van der Waals surface area contributed by atoms with Crippen molar-refractivity contribution in [1.82, 2.24) is 14.2 Å². The lowest BCUT2D eigenvalue weighted by Crippen LogP contribution is -2.49. The van der Waals surface area contributed by atoms with Gasteiger partial charge in [0.15, 0.2) is 0 Å². The van der Waals surface area contributed by atoms with E-state index in [1.54, 1.807) is 22.5 Å². The molecule has 0 amide bonds. The lowest BCUT2D eigenvalue weighted by atomic mass is 9.96. The summed E-state index contributed by atoms with van der Waals surface area (Å²) in [6.45, 7) is 2.10. The molecule has 1 fully saturated rings. The highest BCUT2D eigenvalue weighted by Crippen LogP contribution is 2.31. The van der Waals surface area contributed by atoms with E-state index >= 15 is 0 Å². The molecule has 0 saturated carbocycles. The number of sulfonamides is 1. The summed E-state index contributed by atoms with van der Waals surface area (Å²) in [7, 11) is -3.63. The number of benzene rings is 3. The second-order valence-corrected chi connectivity index (χ2v) is 10.8. The van der Waals surface area contributed by atoms with Crippen molar-refractivity contribution >= 4 is 31.6 Å². The molecule has 0 atom stereocenters. The molecule has 1 aliphatic heterocycles. The number of H-pyrrole nitrogens is 1. The topological polar surface area (TPSA) is 73.5 Å². The van der Waals surface area contributed by atoms with Crippen molar-refractivity contribution in [3.8, 4) is 0 Å². The smallest absolute Gasteiger partial charge is 0.305 e. The van der Waals surface area contributed by atoms with Crippen molar-refractivity contribution in [2.75, 3.05) is 26.2 Å². The molecule has 0 bridgehead atoms. The van der Waals surface area contributed by atoms with Crippen molar-refractivity contribution in [3.63, 3.8) is 0 Å². The van der Waals surface area contributed by atoms with Crippen LogP contribution in [-0.4, -0.2) is 48.8 Å². The zero-order valence-electron chi connectivity index (χ0n) is 17.3. The van der Waals surface area contributed by atoms with Gasteiger partial charge in [0.25, 0.3) is 0 Å². The number of hydrogen-bond acceptors (Lipinski definition) is 5. The molecular weight excluding hydrogens is 442 g/mol. The molecule has 164 valence electrons. The summed E-state index contributed by atoms with van der Waals surface area (Å²) in [6.07, 6.45) is 0. The third-order valence-electron chi connectivity index (χ3n) is 5.90. The molecule has 1 N–H and O–H groups in total. The summed E-state index contributed by atoms with van der Waals surface area (Å²) >= 11 is 1.03. The highest BCUT2D eigenvalue weighted by atomic mass is 32.2. The third kappa shape index (κ3) is 4.02. The first-order valence-corrected chi connectivity index (χ1v) is 12.7. The van der Waals surface area contributed by atoms with Crippen molar-refractivity contribution in [1.29, 1.82) is 0 Å². The van der Waals surface area contributed by atoms with Crippen LogP contribution in [0.15, 0.2) is 88.6 Å². The van der Waals surface area contributed by atoms with E-state index in [0.717, 1.165) is 11.3 Å². The molecule has 0 spiro atoms. The van der Waals surface area contributed by atoms with Gasteiger partial charge in [0.2, 0.25) is 10.0 Å². The fourth-order valence-corrected chi connectivity index (χ4v) is 6.62. The van der Waals surface area contributed by atoms with Crippen molar-refractivity contribution < 1.29 is 8.42 Å². The lowest BCUT2D eigenvalue weighted by Gasteiger charge is -2.39. The fraction of sp³-hybridized carbons (Fsp3) is 0.208. The minimum atomic E-state index is -3.63. The SMILES string of the molecule is O=c1[nH]c2ccc(S(=O)(=O)N3CCN(C(c4ccccc4)c4ccccc4)CC3)cc2s1. The number of nitrogens with zero attached hydrogens (tertiary/aromatic N) is 2. The van der Waals surface area contributed by atoms with E-state index in [2.05, 4.69) is 34.1 Å². The van der Waals surface area contributed by atoms with Gasteiger partial charge in [-0.25, -0.2) is 8.42 Å². The molecule has 8 heteroatoms. The van der Waals surface area contributed by atoms with Crippen LogP contribution in [0, 0.1) is 0 Å². The summed E-state index contributed by atoms with van der Waals surface area (Å²) in [5.74, 6) is 0. The van der Waals surface area contributed by atoms with Gasteiger partial charge in [-0.3, -0.25) is 9.69 Å². The highest BCUT2D eigenvalue weighted by Gasteiger charge is 2.32. The lowest BCUT2D eigenvalue weighted by molar-refractivity contribution is 0.156. The van der Waals surface area contributed by atoms with E-state index in [0.29, 0.717) is 36.4 Å². The number of fused-ring (bicyclic) bond motifs is 1. The van der Waals surface area contributed by atoms with Crippen LogP contribution in [-0.2, 0) is 10.0 Å². The maximum absolute atomic E-state index is 13.3. The Morgan fingerprint density at radius 1 is 0.812 bits per heavy atom. The summed E-state index contributed by atoms with van der Waals surface area (Å²) in [4.78, 5) is 16.7. The molecule has 1 aromatic heterocycles. The van der Waals surface area contributed by atoms with Crippen LogP contribution in [0.3, 0.4) is 0 Å². The van der Waals surface area contributed by atoms with E-state index in [-0.39, 0.29) is 15.8 Å². The maximum Gasteiger partial charge on any atom is 0.305 e. The van der Waals surface area contributed by atoms with E-state index in [9.17, 15) is 13.2 Å². The van der Waals surface area contributed by atoms with Gasteiger partial charge < -0.3 is 4.98 Å². The van der Waals surface area contributed by atoms with Gasteiger partial charge in [-0.1, -0.05) is 72.0 Å². The number of nitrogens with one attached hydrogen (secondary N) is 1. The first kappa shape index (κ1) is 21.1. The van der Waals surface area contributed by atoms with Crippen LogP contribution in [0.5, 0.6) is 0 Å². The second kappa shape index (κ2) is 8.63. The Morgan fingerprint density at radius 3 is 2.00 bits per heavy atom. The monoisotopic (exact) mass is 465 g/mol. The second-order valence-electron chi connectivity index (χ2n) is 7.84. The van der Waals surface area contributed by atoms with Gasteiger partial charge in [0, 0.05) is 26.2 Å². The number of thiazole rings is 1. The van der Waals surface area contributed by atoms with Crippen LogP contribution < -0.4 is 4.87 Å². The molecule has 0 radical (unpaired) electrons. The van der Waals surface area contributed by atoms with Gasteiger partial charge in [-0.05, 0) is 29.3 Å². The van der Waals surface area contributed by atoms with Crippen LogP contribution in [0.25, 0.3) is 10.2 Å². The summed E-state index contributed by atoms with van der Waals surface area (Å²) in [5, 5.41) is 0. The predicted molar refractivity (Wildman–Crippen MR) is 128 cm³/mol. The zero-order chi connectivity index (χ0) is 22.1. The van der Waals surface area contributed by atoms with E-state index in [4.69, 9.17) is 0 Å². The predicted octanol–water partition coefficient (Wildman–Crippen LogP) is 3.69. The first-order chi connectivity index (χ1) is 15.5. The van der Waals surface area contributed by atoms with Gasteiger partial charge >= 0.3 is 4.87 Å². The standard InChI is InChI=1S/C24H23N3O3S2/c28-24-25-21-12-11-20(17-22(21)31-24)32(29,30)27-15-13-26(14-16-27)23(18-7-3-1-4-8-18)19-9-5-2-6-10-19/h1-12,17,23H,13-16H2,(H,25,28). The molecular formula is C24H23N3O3S2. The molecule has 0 unspecified atom stereocenters. The third-order valence-corrected chi connectivity index (χ3v) is 8.64. The Morgan fingerprint density at radius 2 is 1.41 bits per heavy atom. The minimum Gasteiger partial charge on any atom is -0.312 e. The van der Waals surface area contributed by atoms with E-state index < -0.39 is 10.0 Å². The number of piperazine rings is 1. The van der Waals surface area contributed by atoms with Crippen molar-refractivity contribution in [2.45, 2.75) is 10.9 Å². The Balaban J connectivity index is 1.38. The number of hydrogen-bond donors (Lipinski definition) is 1. The van der Waals surface area contributed by atoms with E-state index in [1.165, 1.54) is 11.1 Å². The fourth-order valence-electron chi connectivity index (χ4n) is 4.32. The Hall–Kier alpha value is -2.78. The summed E-state index contributed by atoms with van der Waals surface area (Å²) in [6, 6.07) is 25.6. The van der Waals surface area contributed by atoms with Crippen molar-refractivity contribution in [2.24, 2.45) is 0 Å². The van der Waals surface area contributed by atoms with Crippen LogP contribution in [0.1, 0.15) is 17.2 Å². The molecule has 4 aromatic rings. The quantitative estimate of drug-likeness (QED) is 0.488.